The van der Waals surface area contributed by atoms with Crippen molar-refractivity contribution in [1.29, 1.82) is 0 Å². The van der Waals surface area contributed by atoms with Crippen LogP contribution in [0, 0.1) is 0 Å². The van der Waals surface area contributed by atoms with Crippen molar-refractivity contribution in [3.63, 3.8) is 0 Å². The van der Waals surface area contributed by atoms with E-state index in [1.165, 1.54) is 4.90 Å². The molecule has 0 aromatic carbocycles. The molecule has 1 aliphatic rings. The Labute approximate surface area is 137 Å². The van der Waals surface area contributed by atoms with Gasteiger partial charge in [-0.2, -0.15) is 0 Å². The Morgan fingerprint density at radius 3 is 2.87 bits per heavy atom. The number of carbonyl (C=O) groups excluding carboxylic acids is 1. The number of sulfone groups is 1. The fraction of sp³-hybridized carbons (Fsp3) is 0.667. The number of aromatic nitrogens is 2. The van der Waals surface area contributed by atoms with E-state index in [0.29, 0.717) is 12.4 Å². The van der Waals surface area contributed by atoms with Crippen molar-refractivity contribution in [3.8, 4) is 0 Å². The molecule has 1 aromatic heterocycles. The van der Waals surface area contributed by atoms with Crippen molar-refractivity contribution in [1.82, 2.24) is 14.9 Å². The van der Waals surface area contributed by atoms with Crippen molar-refractivity contribution >= 4 is 21.7 Å². The van der Waals surface area contributed by atoms with Gasteiger partial charge >= 0.3 is 0 Å². The van der Waals surface area contributed by atoms with Gasteiger partial charge in [-0.15, -0.1) is 0 Å². The number of nitrogens with one attached hydrogen (secondary N) is 1. The Kier molecular flexibility index (Phi) is 5.92. The highest BCUT2D eigenvalue weighted by Gasteiger charge is 2.33. The minimum absolute atomic E-state index is 0.0302. The van der Waals surface area contributed by atoms with Crippen LogP contribution in [0.1, 0.15) is 43.1 Å². The van der Waals surface area contributed by atoms with E-state index in [9.17, 15) is 13.2 Å². The molecular formula is C15H24N4O3S. The number of carbonyl (C=O) groups is 1. The summed E-state index contributed by atoms with van der Waals surface area (Å²) in [6, 6.07) is 1.28. The molecule has 1 fully saturated rings. The molecule has 0 aliphatic carbocycles. The maximum atomic E-state index is 12.5. The third kappa shape index (κ3) is 4.89. The second-order valence-corrected chi connectivity index (χ2v) is 8.10. The lowest BCUT2D eigenvalue weighted by Crippen LogP contribution is -2.38. The molecule has 0 bridgehead atoms. The quantitative estimate of drug-likeness (QED) is 0.753. The van der Waals surface area contributed by atoms with Gasteiger partial charge in [-0.05, 0) is 18.9 Å². The molecule has 1 amide bonds. The smallest absolute Gasteiger partial charge is 0.272 e. The standard InChI is InChI=1S/C15H24N4O3S/c1-3-4-5-8-16-15-17-9-6-13(18-15)14(20)19(2)12-7-10-23(21,22)11-12/h6,9,12H,3-5,7-8,10-11H2,1-2H3,(H,16,17,18). The number of amides is 1. The molecule has 1 aromatic rings. The summed E-state index contributed by atoms with van der Waals surface area (Å²) >= 11 is 0. The summed E-state index contributed by atoms with van der Waals surface area (Å²) in [7, 11) is -1.39. The minimum atomic E-state index is -3.02. The van der Waals surface area contributed by atoms with Gasteiger partial charge in [0.05, 0.1) is 11.5 Å². The van der Waals surface area contributed by atoms with E-state index in [4.69, 9.17) is 0 Å². The SMILES string of the molecule is CCCCCNc1nccc(C(=O)N(C)C2CCS(=O)(=O)C2)n1. The van der Waals surface area contributed by atoms with Gasteiger partial charge in [-0.25, -0.2) is 18.4 Å². The largest absolute Gasteiger partial charge is 0.354 e. The topological polar surface area (TPSA) is 92.3 Å². The molecule has 7 nitrogen and oxygen atoms in total. The number of anilines is 1. The van der Waals surface area contributed by atoms with Gasteiger partial charge in [0.15, 0.2) is 9.84 Å². The first-order valence-corrected chi connectivity index (χ1v) is 9.79. The Hall–Kier alpha value is -1.70. The Bertz CT molecular complexity index is 648. The summed E-state index contributed by atoms with van der Waals surface area (Å²) in [6.07, 6.45) is 5.32. The van der Waals surface area contributed by atoms with E-state index < -0.39 is 9.84 Å². The van der Waals surface area contributed by atoms with E-state index >= 15 is 0 Å². The zero-order valence-electron chi connectivity index (χ0n) is 13.7. The van der Waals surface area contributed by atoms with Crippen LogP contribution in [-0.2, 0) is 9.84 Å². The highest BCUT2D eigenvalue weighted by Crippen LogP contribution is 2.18. The van der Waals surface area contributed by atoms with E-state index in [1.54, 1.807) is 19.3 Å². The molecule has 1 unspecified atom stereocenters. The van der Waals surface area contributed by atoms with E-state index in [0.717, 1.165) is 25.8 Å². The van der Waals surface area contributed by atoms with Gasteiger partial charge in [0.25, 0.3) is 5.91 Å². The Morgan fingerprint density at radius 1 is 1.43 bits per heavy atom. The van der Waals surface area contributed by atoms with Gasteiger partial charge in [-0.1, -0.05) is 19.8 Å². The summed E-state index contributed by atoms with van der Waals surface area (Å²) in [5.74, 6) is 0.330. The maximum absolute atomic E-state index is 12.5. The van der Waals surface area contributed by atoms with Crippen molar-refractivity contribution in [3.05, 3.63) is 18.0 Å². The molecule has 8 heteroatoms. The third-order valence-electron chi connectivity index (χ3n) is 4.01. The summed E-state index contributed by atoms with van der Waals surface area (Å²) < 4.78 is 23.1. The number of hydrogen-bond acceptors (Lipinski definition) is 6. The lowest BCUT2D eigenvalue weighted by atomic mass is 10.2. The van der Waals surface area contributed by atoms with Crippen molar-refractivity contribution in [2.45, 2.75) is 38.6 Å². The molecule has 128 valence electrons. The van der Waals surface area contributed by atoms with E-state index in [1.807, 2.05) is 0 Å². The monoisotopic (exact) mass is 340 g/mol. The van der Waals surface area contributed by atoms with Crippen LogP contribution in [0.15, 0.2) is 12.3 Å². The van der Waals surface area contributed by atoms with Gasteiger partial charge in [0, 0.05) is 25.8 Å². The first-order valence-electron chi connectivity index (χ1n) is 7.97. The highest BCUT2D eigenvalue weighted by molar-refractivity contribution is 7.91. The third-order valence-corrected chi connectivity index (χ3v) is 5.76. The molecule has 0 radical (unpaired) electrons. The van der Waals surface area contributed by atoms with Gasteiger partial charge in [0.2, 0.25) is 5.95 Å². The predicted molar refractivity (Wildman–Crippen MR) is 89.2 cm³/mol. The lowest BCUT2D eigenvalue weighted by molar-refractivity contribution is 0.0741. The van der Waals surface area contributed by atoms with Crippen molar-refractivity contribution < 1.29 is 13.2 Å². The predicted octanol–water partition coefficient (Wildman–Crippen LogP) is 1.34. The Morgan fingerprint density at radius 2 is 2.22 bits per heavy atom. The van der Waals surface area contributed by atoms with Crippen molar-refractivity contribution in [2.24, 2.45) is 0 Å². The molecule has 1 atom stereocenters. The summed E-state index contributed by atoms with van der Waals surface area (Å²) in [5.41, 5.74) is 0.282. The molecule has 1 aliphatic heterocycles. The lowest BCUT2D eigenvalue weighted by Gasteiger charge is -2.23. The average molecular weight is 340 g/mol. The van der Waals surface area contributed by atoms with Gasteiger partial charge in [-0.3, -0.25) is 4.79 Å². The first-order chi connectivity index (χ1) is 10.9. The van der Waals surface area contributed by atoms with Crippen molar-refractivity contribution in [2.75, 3.05) is 30.4 Å². The maximum Gasteiger partial charge on any atom is 0.272 e. The van der Waals surface area contributed by atoms with Crippen LogP contribution in [-0.4, -0.2) is 60.3 Å². The van der Waals surface area contributed by atoms with Crippen LogP contribution >= 0.6 is 0 Å². The molecule has 0 spiro atoms. The van der Waals surface area contributed by atoms with Crippen LogP contribution in [0.2, 0.25) is 0 Å². The molecule has 1 N–H and O–H groups in total. The van der Waals surface area contributed by atoms with Gasteiger partial charge < -0.3 is 10.2 Å². The van der Waals surface area contributed by atoms with Crippen LogP contribution in [0.4, 0.5) is 5.95 Å². The fourth-order valence-corrected chi connectivity index (χ4v) is 4.34. The van der Waals surface area contributed by atoms with Crippen LogP contribution in [0.3, 0.4) is 0 Å². The molecule has 23 heavy (non-hydrogen) atoms. The molecule has 2 rings (SSSR count). The first kappa shape index (κ1) is 17.7. The van der Waals surface area contributed by atoms with Crippen LogP contribution in [0.25, 0.3) is 0 Å². The molecule has 0 saturated carbocycles. The summed E-state index contributed by atoms with van der Waals surface area (Å²) in [6.45, 7) is 2.90. The van der Waals surface area contributed by atoms with Gasteiger partial charge in [0.1, 0.15) is 5.69 Å². The molecule has 1 saturated heterocycles. The van der Waals surface area contributed by atoms with Crippen LogP contribution in [0.5, 0.6) is 0 Å². The second-order valence-electron chi connectivity index (χ2n) is 5.87. The Balaban J connectivity index is 1.99. The normalized spacial score (nSPS) is 19.5. The van der Waals surface area contributed by atoms with E-state index in [-0.39, 0.29) is 29.1 Å². The highest BCUT2D eigenvalue weighted by atomic mass is 32.2. The average Bonchev–Trinajstić information content (AvgIpc) is 2.90. The molecule has 2 heterocycles. The number of nitrogens with zero attached hydrogens (tertiary/aromatic N) is 3. The summed E-state index contributed by atoms with van der Waals surface area (Å²) in [5, 5.41) is 3.11. The number of hydrogen-bond donors (Lipinski definition) is 1. The zero-order chi connectivity index (χ0) is 16.9. The summed E-state index contributed by atoms with van der Waals surface area (Å²) in [4.78, 5) is 22.3. The van der Waals surface area contributed by atoms with Crippen LogP contribution < -0.4 is 5.32 Å². The molecular weight excluding hydrogens is 316 g/mol. The number of unbranched alkanes of at least 4 members (excludes halogenated alkanes) is 2. The minimum Gasteiger partial charge on any atom is -0.354 e. The van der Waals surface area contributed by atoms with E-state index in [2.05, 4.69) is 22.2 Å². The second kappa shape index (κ2) is 7.72. The number of rotatable bonds is 7. The fourth-order valence-electron chi connectivity index (χ4n) is 2.57. The zero-order valence-corrected chi connectivity index (χ0v) is 14.5.